The molecule has 0 unspecified atom stereocenters. The molecule has 0 saturated heterocycles. The number of nitrogens with two attached hydrogens (primary N) is 9. The molecule has 36 nitrogen and oxygen atoms in total. The van der Waals surface area contributed by atoms with Crippen LogP contribution in [0.1, 0.15) is 183 Å². The molecule has 18 N–H and O–H groups in total. The van der Waals surface area contributed by atoms with Crippen LogP contribution in [0.5, 0.6) is 0 Å². The zero-order valence-electron chi connectivity index (χ0n) is 69.1. The third-order valence-corrected chi connectivity index (χ3v) is 18.2. The molecule has 14 aromatic heterocycles. The van der Waals surface area contributed by atoms with Crippen LogP contribution in [-0.4, -0.2) is 114 Å². The summed E-state index contributed by atoms with van der Waals surface area (Å²) in [5.74, 6) is 7.34. The van der Waals surface area contributed by atoms with E-state index in [4.69, 9.17) is 65.1 Å². The summed E-state index contributed by atoms with van der Waals surface area (Å²) in [5.41, 5.74) is 64.9. The third-order valence-electron chi connectivity index (χ3n) is 16.9. The third kappa shape index (κ3) is 27.0. The second kappa shape index (κ2) is 42.9. The van der Waals surface area contributed by atoms with Crippen molar-refractivity contribution in [1.82, 2.24) is 114 Å². The quantitative estimate of drug-likeness (QED) is 0.0460. The maximum atomic E-state index is 5.58. The van der Waals surface area contributed by atoms with Gasteiger partial charge in [0.15, 0.2) is 16.0 Å². The van der Waals surface area contributed by atoms with Crippen LogP contribution >= 0.6 is 23.1 Å². The van der Waals surface area contributed by atoms with Gasteiger partial charge in [-0.3, -0.25) is 24.9 Å². The van der Waals surface area contributed by atoms with Gasteiger partial charge in [0.05, 0.1) is 29.0 Å². The van der Waals surface area contributed by atoms with E-state index in [1.54, 1.807) is 47.8 Å². The van der Waals surface area contributed by atoms with Crippen LogP contribution in [0.15, 0.2) is 189 Å². The number of nitrogen functional groups attached to an aromatic ring is 9. The van der Waals surface area contributed by atoms with E-state index in [1.165, 1.54) is 45.6 Å². The number of aromatic nitrogens is 23. The Labute approximate surface area is 701 Å². The molecule has 0 atom stereocenters. The summed E-state index contributed by atoms with van der Waals surface area (Å²) in [7, 11) is 0. The van der Waals surface area contributed by atoms with Crippen LogP contribution < -0.4 is 51.6 Å². The average Bonchev–Trinajstić information content (AvgIpc) is 1.83. The fourth-order valence-electron chi connectivity index (χ4n) is 10.0. The van der Waals surface area contributed by atoms with Crippen LogP contribution in [0.3, 0.4) is 0 Å². The molecule has 16 rings (SSSR count). The summed E-state index contributed by atoms with van der Waals surface area (Å²) >= 11 is 2.43. The minimum atomic E-state index is 0.0553. The standard InChI is InChI=1S/C11H14N4.2C11H13N3O.C10H11N5.2C10H12N4O.C10H12N4S.C9H11N5S/c1-8(2)9-3-5-10(6-4-9)15-7-13-11(12)14-15;1-7(2)8-3-5-9(6-4-8)10-13-11(12)14-15-10;1-7(2)8-3-4-9(13-5-8)10-6-15-11(12)14-10;1-6-2-3-7(5-13-6)8-4-9(11)15-10(12)14-8;1-6(2)7-3-4-8(12-5-7)9-13-10(11)15-14-9;1-6(2)10-13-9(14-15-10)7-4-3-5-8(11)12-7;1-6(2)7-3-4-8(12-5-7)9-13-10(11)14-15-9;1-5(2)6-3-12-7(4-11-6)8-13-9(10)15-14-8/h3-8H,1-2H3,(H2,12,14);2*3-7H,1-2H3,(H2,12,14);2-5H,1H3,(H4,11,12,14,15);3-6H,1-2H3,(H2,11,13,14);3-6H,1-2H3,(H2,11,12);3-6H,1-2H3,(H2,11,14);3-5H,1-2H3,(H2,10,13,14). The first-order valence-electron chi connectivity index (χ1n) is 37.9. The maximum Gasteiger partial charge on any atom is 0.319 e. The van der Waals surface area contributed by atoms with Gasteiger partial charge in [-0.05, 0) is 154 Å². The lowest BCUT2D eigenvalue weighted by molar-refractivity contribution is 0.365. The fourth-order valence-corrected chi connectivity index (χ4v) is 11.0. The Hall–Kier alpha value is -14.6. The Morgan fingerprint density at radius 1 is 0.350 bits per heavy atom. The average molecular weight is 1660 g/mol. The molecule has 120 heavy (non-hydrogen) atoms. The number of benzene rings is 2. The molecule has 0 amide bonds. The van der Waals surface area contributed by atoms with Crippen molar-refractivity contribution >= 4 is 75.7 Å². The molecule has 16 aromatic rings. The Balaban J connectivity index is 0.000000156. The molecule has 14 heterocycles. The molecule has 38 heteroatoms. The van der Waals surface area contributed by atoms with Crippen molar-refractivity contribution < 1.29 is 18.0 Å². The van der Waals surface area contributed by atoms with Crippen molar-refractivity contribution in [2.24, 2.45) is 0 Å². The smallest absolute Gasteiger partial charge is 0.319 e. The zero-order valence-corrected chi connectivity index (χ0v) is 70.8. The summed E-state index contributed by atoms with van der Waals surface area (Å²) in [6.07, 6.45) is 13.8. The molecule has 0 spiro atoms. The minimum absolute atomic E-state index is 0.0553. The molecule has 622 valence electrons. The number of hydrogen-bond acceptors (Lipinski definition) is 37. The summed E-state index contributed by atoms with van der Waals surface area (Å²) in [6, 6.07) is 39.1. The molecule has 0 fully saturated rings. The van der Waals surface area contributed by atoms with E-state index in [1.807, 2.05) is 112 Å². The number of oxazole rings is 1. The van der Waals surface area contributed by atoms with Gasteiger partial charge in [0.1, 0.15) is 52.7 Å². The van der Waals surface area contributed by atoms with Crippen molar-refractivity contribution in [2.75, 3.05) is 51.6 Å². The predicted molar refractivity (Wildman–Crippen MR) is 468 cm³/mol. The highest BCUT2D eigenvalue weighted by molar-refractivity contribution is 7.09. The van der Waals surface area contributed by atoms with E-state index in [9.17, 15) is 0 Å². The molecule has 0 aliphatic carbocycles. The number of nitrogens with zero attached hydrogens (tertiary/aromatic N) is 23. The largest absolute Gasteiger partial charge is 0.432 e. The van der Waals surface area contributed by atoms with Gasteiger partial charge in [0.25, 0.3) is 17.9 Å². The molecule has 2 aromatic carbocycles. The Bertz CT molecular complexity index is 5040. The van der Waals surface area contributed by atoms with Crippen molar-refractivity contribution in [3.05, 3.63) is 216 Å². The molecule has 0 bridgehead atoms. The van der Waals surface area contributed by atoms with E-state index >= 15 is 0 Å². The molecule has 0 aliphatic rings. The summed E-state index contributed by atoms with van der Waals surface area (Å²) in [5, 5.41) is 16.3. The van der Waals surface area contributed by atoms with Gasteiger partial charge in [-0.2, -0.15) is 43.6 Å². The highest BCUT2D eigenvalue weighted by Crippen LogP contribution is 2.28. The van der Waals surface area contributed by atoms with E-state index in [-0.39, 0.29) is 29.8 Å². The first-order valence-corrected chi connectivity index (χ1v) is 39.4. The molecule has 0 radical (unpaired) electrons. The van der Waals surface area contributed by atoms with Crippen molar-refractivity contribution in [2.45, 2.75) is 145 Å². The second-order valence-corrected chi connectivity index (χ2v) is 30.2. The van der Waals surface area contributed by atoms with E-state index in [0.717, 1.165) is 56.1 Å². The summed E-state index contributed by atoms with van der Waals surface area (Å²) in [4.78, 5) is 65.7. The fraction of sp³-hybridized carbons (Fsp3) is 0.268. The highest BCUT2D eigenvalue weighted by atomic mass is 32.1. The highest BCUT2D eigenvalue weighted by Gasteiger charge is 2.16. The van der Waals surface area contributed by atoms with Crippen molar-refractivity contribution in [3.8, 4) is 85.0 Å². The van der Waals surface area contributed by atoms with Crippen LogP contribution in [0.2, 0.25) is 0 Å². The van der Waals surface area contributed by atoms with Gasteiger partial charge in [-0.1, -0.05) is 156 Å². The van der Waals surface area contributed by atoms with Gasteiger partial charge in [-0.15, -0.1) is 5.10 Å². The number of pyridine rings is 5. The minimum Gasteiger partial charge on any atom is -0.432 e. The first kappa shape index (κ1) is 89.4. The van der Waals surface area contributed by atoms with Gasteiger partial charge >= 0.3 is 6.01 Å². The SMILES string of the molecule is CC(C)c1ccc(-c2coc(N)n2)nc1.CC(C)c1ccc(-c2nc(N)no2)cc1.CC(C)c1ccc(-c2nc(N)ns2)nc1.CC(C)c1ccc(-c2noc(N)n2)nc1.CC(C)c1ccc(-n2cnc(N)n2)cc1.CC(C)c1cnc(-c2nsc(N)n2)cn1.CC(C)c1nc(-c2cccc(N)n2)no1.Cc1ccc(-c2cc(N)nc(N)n2)cn1. The van der Waals surface area contributed by atoms with Gasteiger partial charge in [0, 0.05) is 71.3 Å². The lowest BCUT2D eigenvalue weighted by Gasteiger charge is -2.06. The maximum absolute atomic E-state index is 5.58. The number of aryl methyl sites for hydroxylation is 1. The van der Waals surface area contributed by atoms with Crippen LogP contribution in [0.4, 0.5) is 52.6 Å². The van der Waals surface area contributed by atoms with E-state index in [0.29, 0.717) is 122 Å². The second-order valence-electron chi connectivity index (χ2n) is 28.6. The van der Waals surface area contributed by atoms with Gasteiger partial charge in [-0.25, -0.2) is 24.6 Å². The monoisotopic (exact) mass is 1660 g/mol. The van der Waals surface area contributed by atoms with Gasteiger partial charge < -0.3 is 69.6 Å². The number of hydrogen-bond donors (Lipinski definition) is 9. The first-order chi connectivity index (χ1) is 57.3. The van der Waals surface area contributed by atoms with Crippen molar-refractivity contribution in [3.63, 3.8) is 0 Å². The Morgan fingerprint density at radius 2 is 0.942 bits per heavy atom. The van der Waals surface area contributed by atoms with Crippen LogP contribution in [0.25, 0.3) is 85.0 Å². The molecule has 0 aliphatic heterocycles. The van der Waals surface area contributed by atoms with E-state index < -0.39 is 0 Å². The lowest BCUT2D eigenvalue weighted by Crippen LogP contribution is -2.00. The summed E-state index contributed by atoms with van der Waals surface area (Å²) in [6.45, 7) is 31.5. The van der Waals surface area contributed by atoms with E-state index in [2.05, 4.69) is 227 Å². The predicted octanol–water partition coefficient (Wildman–Crippen LogP) is 15.5. The normalized spacial score (nSPS) is 10.8. The Kier molecular flexibility index (Phi) is 31.9. The molecule has 0 saturated carbocycles. The van der Waals surface area contributed by atoms with Gasteiger partial charge in [0.2, 0.25) is 35.4 Å². The number of anilines is 9. The molecular weight excluding hydrogens is 1560 g/mol. The Morgan fingerprint density at radius 3 is 1.40 bits per heavy atom. The topological polar surface area (TPSA) is 575 Å². The van der Waals surface area contributed by atoms with Crippen LogP contribution in [-0.2, 0) is 0 Å². The lowest BCUT2D eigenvalue weighted by atomic mass is 10.0. The van der Waals surface area contributed by atoms with Crippen LogP contribution in [0, 0.1) is 6.92 Å². The van der Waals surface area contributed by atoms with Crippen molar-refractivity contribution in [1.29, 1.82) is 0 Å². The zero-order chi connectivity index (χ0) is 86.7. The number of rotatable bonds is 15. The molecular formula is C82H98N32O4S2. The summed E-state index contributed by atoms with van der Waals surface area (Å²) < 4.78 is 29.3.